The number of carbonyl (C=O) groups is 1. The van der Waals surface area contributed by atoms with Gasteiger partial charge in [0.2, 0.25) is 0 Å². The Morgan fingerprint density at radius 1 is 1.18 bits per heavy atom. The average Bonchev–Trinajstić information content (AvgIpc) is 3.57. The van der Waals surface area contributed by atoms with Gasteiger partial charge >= 0.3 is 0 Å². The molecule has 2 N–H and O–H groups in total. The zero-order valence-corrected chi connectivity index (χ0v) is 19.5. The SMILES string of the molecule is CCOc1cc(C(=O)N(C)[C@H](c2cncc3cn[nH]c23)[C@@H]2CCNC2)ccc1-c1ccccc1. The molecule has 1 amide bonds. The van der Waals surface area contributed by atoms with Gasteiger partial charge in [-0.15, -0.1) is 0 Å². The largest absolute Gasteiger partial charge is 0.493 e. The number of ether oxygens (including phenoxy) is 1. The first kappa shape index (κ1) is 22.1. The molecule has 2 atom stereocenters. The van der Waals surface area contributed by atoms with Gasteiger partial charge in [0.25, 0.3) is 5.91 Å². The number of nitrogens with zero attached hydrogens (tertiary/aromatic N) is 3. The molecular weight excluding hydrogens is 426 g/mol. The van der Waals surface area contributed by atoms with Gasteiger partial charge in [-0.25, -0.2) is 0 Å². The molecule has 0 bridgehead atoms. The minimum Gasteiger partial charge on any atom is -0.493 e. The maximum absolute atomic E-state index is 13.8. The van der Waals surface area contributed by atoms with Gasteiger partial charge < -0.3 is 15.0 Å². The van der Waals surface area contributed by atoms with E-state index in [1.165, 1.54) is 0 Å². The van der Waals surface area contributed by atoms with Crippen molar-refractivity contribution < 1.29 is 9.53 Å². The molecule has 7 nitrogen and oxygen atoms in total. The summed E-state index contributed by atoms with van der Waals surface area (Å²) in [6.45, 7) is 4.27. The lowest BCUT2D eigenvalue weighted by Crippen LogP contribution is -2.36. The van der Waals surface area contributed by atoms with E-state index < -0.39 is 0 Å². The van der Waals surface area contributed by atoms with Gasteiger partial charge in [0.1, 0.15) is 5.75 Å². The summed E-state index contributed by atoms with van der Waals surface area (Å²) in [4.78, 5) is 20.1. The number of carbonyl (C=O) groups excluding carboxylic acids is 1. The molecule has 3 heterocycles. The quantitative estimate of drug-likeness (QED) is 0.430. The highest BCUT2D eigenvalue weighted by molar-refractivity contribution is 5.96. The number of nitrogens with one attached hydrogen (secondary N) is 2. The van der Waals surface area contributed by atoms with E-state index in [0.29, 0.717) is 17.9 Å². The monoisotopic (exact) mass is 455 g/mol. The number of pyridine rings is 1. The van der Waals surface area contributed by atoms with E-state index in [1.54, 1.807) is 12.4 Å². The molecule has 0 spiro atoms. The molecule has 0 aliphatic carbocycles. The van der Waals surface area contributed by atoms with E-state index in [1.807, 2.05) is 73.6 Å². The highest BCUT2D eigenvalue weighted by Gasteiger charge is 2.34. The van der Waals surface area contributed by atoms with Crippen molar-refractivity contribution in [3.63, 3.8) is 0 Å². The van der Waals surface area contributed by atoms with Gasteiger partial charge in [-0.2, -0.15) is 5.10 Å². The zero-order chi connectivity index (χ0) is 23.5. The minimum atomic E-state index is -0.136. The Hall–Kier alpha value is -3.71. The molecule has 0 saturated carbocycles. The van der Waals surface area contributed by atoms with Gasteiger partial charge in [-0.1, -0.05) is 30.3 Å². The molecule has 0 unspecified atom stereocenters. The van der Waals surface area contributed by atoms with Crippen molar-refractivity contribution in [1.82, 2.24) is 25.4 Å². The van der Waals surface area contributed by atoms with Gasteiger partial charge in [0.05, 0.1) is 24.4 Å². The van der Waals surface area contributed by atoms with Crippen LogP contribution in [0.1, 0.15) is 35.3 Å². The van der Waals surface area contributed by atoms with Crippen LogP contribution in [0.15, 0.2) is 67.1 Å². The third-order valence-electron chi connectivity index (χ3n) is 6.60. The molecule has 5 rings (SSSR count). The number of amides is 1. The van der Waals surface area contributed by atoms with E-state index >= 15 is 0 Å². The van der Waals surface area contributed by atoms with Crippen LogP contribution in [0.4, 0.5) is 0 Å². The van der Waals surface area contributed by atoms with Crippen LogP contribution in [-0.2, 0) is 0 Å². The van der Waals surface area contributed by atoms with Crippen LogP contribution in [0.2, 0.25) is 0 Å². The van der Waals surface area contributed by atoms with Crippen LogP contribution in [0.3, 0.4) is 0 Å². The Balaban J connectivity index is 1.52. The van der Waals surface area contributed by atoms with Gasteiger partial charge in [0.15, 0.2) is 0 Å². The second kappa shape index (κ2) is 9.65. The van der Waals surface area contributed by atoms with Crippen molar-refractivity contribution in [3.05, 3.63) is 78.2 Å². The van der Waals surface area contributed by atoms with E-state index in [4.69, 9.17) is 4.74 Å². The zero-order valence-electron chi connectivity index (χ0n) is 19.5. The Labute approximate surface area is 199 Å². The first-order valence-electron chi connectivity index (χ1n) is 11.7. The standard InChI is InChI=1S/C27H29N5O2/c1-3-34-24-13-19(9-10-22(24)18-7-5-4-6-8-18)27(33)32(2)26(20-11-12-28-14-20)23-17-29-15-21-16-30-31-25(21)23/h4-10,13,15-17,20,26,28H,3,11-12,14H2,1-2H3,(H,30,31)/t20-,26+/m1/s1. The number of fused-ring (bicyclic) bond motifs is 1. The summed E-state index contributed by atoms with van der Waals surface area (Å²) in [5, 5.41) is 11.7. The normalized spacial score (nSPS) is 16.5. The van der Waals surface area contributed by atoms with Crippen LogP contribution in [0.5, 0.6) is 5.75 Å². The second-order valence-electron chi connectivity index (χ2n) is 8.69. The van der Waals surface area contributed by atoms with Crippen molar-refractivity contribution in [3.8, 4) is 16.9 Å². The fourth-order valence-corrected chi connectivity index (χ4v) is 4.95. The fraction of sp³-hybridized carbons (Fsp3) is 0.296. The van der Waals surface area contributed by atoms with E-state index in [2.05, 4.69) is 20.5 Å². The third-order valence-corrected chi connectivity index (χ3v) is 6.60. The van der Waals surface area contributed by atoms with Crippen LogP contribution in [-0.4, -0.2) is 52.7 Å². The third kappa shape index (κ3) is 4.15. The first-order valence-corrected chi connectivity index (χ1v) is 11.7. The molecule has 1 saturated heterocycles. The molecule has 174 valence electrons. The number of aromatic nitrogens is 3. The number of hydrogen-bond acceptors (Lipinski definition) is 5. The molecule has 2 aromatic heterocycles. The molecule has 4 aromatic rings. The fourth-order valence-electron chi connectivity index (χ4n) is 4.95. The maximum atomic E-state index is 13.8. The molecule has 7 heteroatoms. The molecular formula is C27H29N5O2. The average molecular weight is 456 g/mol. The lowest BCUT2D eigenvalue weighted by molar-refractivity contribution is 0.0679. The van der Waals surface area contributed by atoms with Crippen LogP contribution in [0, 0.1) is 5.92 Å². The van der Waals surface area contributed by atoms with Crippen molar-refractivity contribution in [2.75, 3.05) is 26.7 Å². The lowest BCUT2D eigenvalue weighted by Gasteiger charge is -2.33. The van der Waals surface area contributed by atoms with E-state index in [9.17, 15) is 4.79 Å². The van der Waals surface area contributed by atoms with Crippen LogP contribution < -0.4 is 10.1 Å². The van der Waals surface area contributed by atoms with Crippen molar-refractivity contribution in [2.45, 2.75) is 19.4 Å². The summed E-state index contributed by atoms with van der Waals surface area (Å²) in [5.74, 6) is 0.943. The molecule has 1 fully saturated rings. The van der Waals surface area contributed by atoms with Gasteiger partial charge in [0, 0.05) is 48.1 Å². The maximum Gasteiger partial charge on any atom is 0.254 e. The summed E-state index contributed by atoms with van der Waals surface area (Å²) in [6, 6.07) is 15.7. The van der Waals surface area contributed by atoms with Crippen molar-refractivity contribution in [2.24, 2.45) is 5.92 Å². The van der Waals surface area contributed by atoms with E-state index in [-0.39, 0.29) is 17.9 Å². The summed E-state index contributed by atoms with van der Waals surface area (Å²) >= 11 is 0. The molecule has 2 aromatic carbocycles. The smallest absolute Gasteiger partial charge is 0.254 e. The number of aromatic amines is 1. The highest BCUT2D eigenvalue weighted by Crippen LogP contribution is 2.37. The second-order valence-corrected chi connectivity index (χ2v) is 8.69. The van der Waals surface area contributed by atoms with Crippen LogP contribution >= 0.6 is 0 Å². The Morgan fingerprint density at radius 3 is 2.79 bits per heavy atom. The van der Waals surface area contributed by atoms with Gasteiger partial charge in [-0.05, 0) is 49.6 Å². The highest BCUT2D eigenvalue weighted by atomic mass is 16.5. The summed E-state index contributed by atoms with van der Waals surface area (Å²) in [7, 11) is 1.88. The Bertz CT molecular complexity index is 1280. The Kier molecular flexibility index (Phi) is 6.27. The summed E-state index contributed by atoms with van der Waals surface area (Å²) < 4.78 is 5.95. The number of hydrogen-bond donors (Lipinski definition) is 2. The lowest BCUT2D eigenvalue weighted by atomic mass is 9.90. The summed E-state index contributed by atoms with van der Waals surface area (Å²) in [6.07, 6.45) is 6.42. The number of H-pyrrole nitrogens is 1. The molecule has 1 aliphatic heterocycles. The van der Waals surface area contributed by atoms with Crippen molar-refractivity contribution in [1.29, 1.82) is 0 Å². The van der Waals surface area contributed by atoms with E-state index in [0.717, 1.165) is 47.1 Å². The van der Waals surface area contributed by atoms with Crippen LogP contribution in [0.25, 0.3) is 22.0 Å². The summed E-state index contributed by atoms with van der Waals surface area (Å²) in [5.41, 5.74) is 4.56. The topological polar surface area (TPSA) is 83.1 Å². The Morgan fingerprint density at radius 2 is 2.03 bits per heavy atom. The molecule has 34 heavy (non-hydrogen) atoms. The number of benzene rings is 2. The minimum absolute atomic E-state index is 0.0472. The predicted octanol–water partition coefficient (Wildman–Crippen LogP) is 4.45. The first-order chi connectivity index (χ1) is 16.7. The molecule has 1 aliphatic rings. The molecule has 0 radical (unpaired) electrons. The van der Waals surface area contributed by atoms with Crippen molar-refractivity contribution >= 4 is 16.8 Å². The number of rotatable bonds is 7. The van der Waals surface area contributed by atoms with Gasteiger partial charge in [-0.3, -0.25) is 14.9 Å². The predicted molar refractivity (Wildman–Crippen MR) is 133 cm³/mol.